The summed E-state index contributed by atoms with van der Waals surface area (Å²) in [5, 5.41) is 0. The van der Waals surface area contributed by atoms with Gasteiger partial charge in [-0.25, -0.2) is 0 Å². The highest BCUT2D eigenvalue weighted by atomic mass is 35.5. The average molecular weight is 460 g/mol. The van der Waals surface area contributed by atoms with Crippen LogP contribution in [0.2, 0.25) is 0 Å². The summed E-state index contributed by atoms with van der Waals surface area (Å²) in [6, 6.07) is 15.1. The van der Waals surface area contributed by atoms with Crippen molar-refractivity contribution in [3.05, 3.63) is 59.2 Å². The summed E-state index contributed by atoms with van der Waals surface area (Å²) in [6.45, 7) is 16.0. The second-order valence-electron chi connectivity index (χ2n) is 9.06. The summed E-state index contributed by atoms with van der Waals surface area (Å²) in [6.07, 6.45) is 4.34. The number of rotatable bonds is 15. The molecule has 0 radical (unpaired) electrons. The van der Waals surface area contributed by atoms with Gasteiger partial charge in [0.25, 0.3) is 0 Å². The third kappa shape index (κ3) is 8.01. The highest BCUT2D eigenvalue weighted by molar-refractivity contribution is 6.17. The number of benzene rings is 2. The van der Waals surface area contributed by atoms with Crippen molar-refractivity contribution in [2.24, 2.45) is 0 Å². The van der Waals surface area contributed by atoms with Gasteiger partial charge in [-0.05, 0) is 80.6 Å². The smallest absolute Gasteiger partial charge is 0.122 e. The average Bonchev–Trinajstić information content (AvgIpc) is 2.78. The van der Waals surface area contributed by atoms with E-state index in [1.807, 2.05) is 0 Å². The summed E-state index contributed by atoms with van der Waals surface area (Å²) in [7, 11) is 0. The van der Waals surface area contributed by atoms with E-state index < -0.39 is 0 Å². The van der Waals surface area contributed by atoms with Crippen LogP contribution in [0, 0.1) is 6.92 Å². The molecule has 2 aromatic rings. The van der Waals surface area contributed by atoms with Gasteiger partial charge in [-0.2, -0.15) is 0 Å². The third-order valence-electron chi connectivity index (χ3n) is 5.98. The Morgan fingerprint density at radius 2 is 1.44 bits per heavy atom. The molecule has 2 aromatic carbocycles. The van der Waals surface area contributed by atoms with Crippen molar-refractivity contribution in [2.45, 2.75) is 65.7 Å². The van der Waals surface area contributed by atoms with Crippen LogP contribution in [0.5, 0.6) is 11.5 Å². The van der Waals surface area contributed by atoms with E-state index in [2.05, 4.69) is 82.0 Å². The van der Waals surface area contributed by atoms with E-state index >= 15 is 0 Å². The molecule has 0 aliphatic rings. The molecule has 32 heavy (non-hydrogen) atoms. The molecule has 4 heteroatoms. The lowest BCUT2D eigenvalue weighted by molar-refractivity contribution is 0.234. The van der Waals surface area contributed by atoms with Gasteiger partial charge in [-0.1, -0.05) is 52.0 Å². The second-order valence-corrected chi connectivity index (χ2v) is 9.44. The van der Waals surface area contributed by atoms with Gasteiger partial charge in [-0.15, -0.1) is 11.6 Å². The number of ether oxygens (including phenoxy) is 2. The van der Waals surface area contributed by atoms with Gasteiger partial charge in [0.1, 0.15) is 11.5 Å². The molecular formula is C28H42ClNO2. The minimum atomic E-state index is -0.0984. The van der Waals surface area contributed by atoms with Crippen molar-refractivity contribution in [3.63, 3.8) is 0 Å². The van der Waals surface area contributed by atoms with E-state index in [0.29, 0.717) is 12.5 Å². The molecule has 0 saturated heterocycles. The van der Waals surface area contributed by atoms with Crippen LogP contribution in [0.4, 0.5) is 0 Å². The largest absolute Gasteiger partial charge is 0.494 e. The van der Waals surface area contributed by atoms with E-state index in [4.69, 9.17) is 21.1 Å². The van der Waals surface area contributed by atoms with Gasteiger partial charge >= 0.3 is 0 Å². The lowest BCUT2D eigenvalue weighted by Crippen LogP contribution is -2.27. The first-order valence-corrected chi connectivity index (χ1v) is 12.7. The van der Waals surface area contributed by atoms with Crippen LogP contribution in [0.25, 0.3) is 0 Å². The van der Waals surface area contributed by atoms with Gasteiger partial charge in [-0.3, -0.25) is 0 Å². The van der Waals surface area contributed by atoms with Crippen molar-refractivity contribution >= 4 is 11.6 Å². The molecule has 0 amide bonds. The lowest BCUT2D eigenvalue weighted by Gasteiger charge is -2.27. The van der Waals surface area contributed by atoms with Crippen molar-refractivity contribution in [2.75, 3.05) is 38.7 Å². The Bertz CT molecular complexity index is 783. The lowest BCUT2D eigenvalue weighted by atomic mass is 9.77. The molecule has 2 rings (SSSR count). The third-order valence-corrected chi connectivity index (χ3v) is 6.24. The number of nitrogens with zero attached hydrogens (tertiary/aromatic N) is 1. The predicted octanol–water partition coefficient (Wildman–Crippen LogP) is 7.22. The Morgan fingerprint density at radius 1 is 0.812 bits per heavy atom. The summed E-state index contributed by atoms with van der Waals surface area (Å²) >= 11 is 5.75. The zero-order chi connectivity index (χ0) is 23.4. The van der Waals surface area contributed by atoms with Crippen LogP contribution in [-0.4, -0.2) is 43.6 Å². The monoisotopic (exact) mass is 459 g/mol. The molecule has 0 saturated carbocycles. The summed E-state index contributed by atoms with van der Waals surface area (Å²) in [4.78, 5) is 2.53. The molecule has 3 nitrogen and oxygen atoms in total. The fourth-order valence-electron chi connectivity index (χ4n) is 4.02. The van der Waals surface area contributed by atoms with Crippen molar-refractivity contribution in [1.82, 2.24) is 4.90 Å². The maximum atomic E-state index is 6.02. The molecule has 0 aliphatic carbocycles. The fraction of sp³-hybridized carbons (Fsp3) is 0.571. The highest BCUT2D eigenvalue weighted by Gasteiger charge is 2.24. The Morgan fingerprint density at radius 3 is 2.03 bits per heavy atom. The maximum Gasteiger partial charge on any atom is 0.122 e. The molecule has 0 bridgehead atoms. The van der Waals surface area contributed by atoms with Crippen LogP contribution >= 0.6 is 11.6 Å². The van der Waals surface area contributed by atoms with Gasteiger partial charge < -0.3 is 14.4 Å². The molecule has 0 spiro atoms. The molecule has 0 heterocycles. The van der Waals surface area contributed by atoms with Crippen LogP contribution in [0.1, 0.15) is 70.1 Å². The van der Waals surface area contributed by atoms with Gasteiger partial charge in [0, 0.05) is 17.8 Å². The number of hydrogen-bond acceptors (Lipinski definition) is 3. The predicted molar refractivity (Wildman–Crippen MR) is 138 cm³/mol. The Kier molecular flexibility index (Phi) is 11.4. The summed E-state index contributed by atoms with van der Waals surface area (Å²) in [5.41, 5.74) is 3.61. The number of halogens is 1. The van der Waals surface area contributed by atoms with Gasteiger partial charge in [0.2, 0.25) is 0 Å². The van der Waals surface area contributed by atoms with E-state index in [1.165, 1.54) is 37.1 Å². The molecule has 0 N–H and O–H groups in total. The van der Waals surface area contributed by atoms with Crippen LogP contribution in [0.3, 0.4) is 0 Å². The summed E-state index contributed by atoms with van der Waals surface area (Å²) < 4.78 is 11.9. The first-order chi connectivity index (χ1) is 15.4. The quantitative estimate of drug-likeness (QED) is 0.207. The zero-order valence-electron chi connectivity index (χ0n) is 20.8. The van der Waals surface area contributed by atoms with E-state index in [0.717, 1.165) is 43.1 Å². The molecule has 178 valence electrons. The molecule has 0 aliphatic heterocycles. The second kappa shape index (κ2) is 13.7. The van der Waals surface area contributed by atoms with Crippen molar-refractivity contribution < 1.29 is 9.47 Å². The first kappa shape index (κ1) is 26.5. The molecular weight excluding hydrogens is 418 g/mol. The fourth-order valence-corrected chi connectivity index (χ4v) is 4.13. The topological polar surface area (TPSA) is 21.7 Å². The number of hydrogen-bond donors (Lipinski definition) is 0. The van der Waals surface area contributed by atoms with Crippen molar-refractivity contribution in [1.29, 1.82) is 0 Å². The molecule has 0 unspecified atom stereocenters. The van der Waals surface area contributed by atoms with E-state index in [9.17, 15) is 0 Å². The number of aryl methyl sites for hydroxylation is 1. The van der Waals surface area contributed by atoms with E-state index in [1.54, 1.807) is 0 Å². The van der Waals surface area contributed by atoms with Gasteiger partial charge in [0.05, 0.1) is 13.2 Å². The minimum Gasteiger partial charge on any atom is -0.494 e. The summed E-state index contributed by atoms with van der Waals surface area (Å²) in [5.74, 6) is 2.51. The first-order valence-electron chi connectivity index (χ1n) is 12.2. The Hall–Kier alpha value is -1.71. The SMILES string of the molecule is CCCN(CCC)CCCOc1ccc(C(C)(C)c2ccc(OCCCCl)c(C)c2)cc1. The molecule has 0 atom stereocenters. The van der Waals surface area contributed by atoms with E-state index in [-0.39, 0.29) is 5.41 Å². The molecule has 0 fully saturated rings. The Labute approximate surface area is 201 Å². The van der Waals surface area contributed by atoms with Crippen molar-refractivity contribution in [3.8, 4) is 11.5 Å². The van der Waals surface area contributed by atoms with Gasteiger partial charge in [0.15, 0.2) is 0 Å². The normalized spacial score (nSPS) is 11.7. The van der Waals surface area contributed by atoms with Crippen LogP contribution < -0.4 is 9.47 Å². The minimum absolute atomic E-state index is 0.0984. The van der Waals surface area contributed by atoms with Crippen LogP contribution in [-0.2, 0) is 5.41 Å². The Balaban J connectivity index is 1.94. The number of alkyl halides is 1. The molecule has 0 aromatic heterocycles. The maximum absolute atomic E-state index is 6.02. The zero-order valence-corrected chi connectivity index (χ0v) is 21.5. The standard InChI is InChI=1S/C28H42ClNO2/c1-6-17-30(18-7-2)19-9-21-31-26-13-10-24(11-14-26)28(4,5)25-12-15-27(23(3)22-25)32-20-8-16-29/h10-15,22H,6-9,16-21H2,1-5H3. The highest BCUT2D eigenvalue weighted by Crippen LogP contribution is 2.34. The van der Waals surface area contributed by atoms with Crippen LogP contribution in [0.15, 0.2) is 42.5 Å².